The van der Waals surface area contributed by atoms with Crippen molar-refractivity contribution in [3.63, 3.8) is 0 Å². The van der Waals surface area contributed by atoms with Gasteiger partial charge in [-0.05, 0) is 31.0 Å². The van der Waals surface area contributed by atoms with Crippen molar-refractivity contribution in [1.82, 2.24) is 4.72 Å². The maximum atomic E-state index is 12.0. The summed E-state index contributed by atoms with van der Waals surface area (Å²) in [6, 6.07) is 9.38. The van der Waals surface area contributed by atoms with Crippen molar-refractivity contribution < 1.29 is 8.42 Å². The topological polar surface area (TPSA) is 46.2 Å². The minimum Gasteiger partial charge on any atom is -0.208 e. The zero-order chi connectivity index (χ0) is 11.4. The van der Waals surface area contributed by atoms with Crippen LogP contribution in [0, 0.1) is 6.07 Å². The number of rotatable bonds is 3. The minimum atomic E-state index is -3.34. The molecule has 16 heavy (non-hydrogen) atoms. The molecule has 0 heterocycles. The summed E-state index contributed by atoms with van der Waals surface area (Å²) < 4.78 is 26.7. The van der Waals surface area contributed by atoms with Crippen LogP contribution in [0.15, 0.2) is 29.2 Å². The second kappa shape index (κ2) is 4.97. The molecule has 0 atom stereocenters. The molecule has 1 aliphatic carbocycles. The molecule has 0 saturated heterocycles. The van der Waals surface area contributed by atoms with E-state index in [0.717, 1.165) is 25.7 Å². The van der Waals surface area contributed by atoms with Crippen LogP contribution in [0.3, 0.4) is 0 Å². The van der Waals surface area contributed by atoms with Crippen molar-refractivity contribution in [2.24, 2.45) is 0 Å². The summed E-state index contributed by atoms with van der Waals surface area (Å²) in [6.07, 6.45) is 5.37. The molecule has 1 aromatic rings. The number of nitrogens with one attached hydrogen (secondary N) is 1. The van der Waals surface area contributed by atoms with Crippen molar-refractivity contribution in [2.45, 2.75) is 43.0 Å². The molecule has 2 rings (SSSR count). The van der Waals surface area contributed by atoms with Crippen LogP contribution in [-0.2, 0) is 10.0 Å². The van der Waals surface area contributed by atoms with Crippen LogP contribution >= 0.6 is 0 Å². The van der Waals surface area contributed by atoms with Gasteiger partial charge in [-0.15, -0.1) is 0 Å². The SMILES string of the molecule is O=S(=O)(NC1CCCCC1)c1c[c]ccc1. The summed E-state index contributed by atoms with van der Waals surface area (Å²) in [4.78, 5) is 0.306. The lowest BCUT2D eigenvalue weighted by atomic mass is 9.96. The standard InChI is InChI=1S/C12H16NO2S/c14-16(15,12-9-5-2-6-10-12)13-11-7-3-1-4-8-11/h2,5,9-11,13H,1,3-4,7-8H2. The van der Waals surface area contributed by atoms with E-state index in [1.807, 2.05) is 0 Å². The van der Waals surface area contributed by atoms with Crippen molar-refractivity contribution in [1.29, 1.82) is 0 Å². The highest BCUT2D eigenvalue weighted by Gasteiger charge is 2.21. The predicted octanol–water partition coefficient (Wildman–Crippen LogP) is 2.10. The Morgan fingerprint density at radius 3 is 2.62 bits per heavy atom. The van der Waals surface area contributed by atoms with Gasteiger partial charge < -0.3 is 0 Å². The molecular weight excluding hydrogens is 222 g/mol. The van der Waals surface area contributed by atoms with E-state index in [0.29, 0.717) is 4.90 Å². The van der Waals surface area contributed by atoms with Crippen LogP contribution in [0.2, 0.25) is 0 Å². The Morgan fingerprint density at radius 1 is 1.25 bits per heavy atom. The molecule has 1 saturated carbocycles. The van der Waals surface area contributed by atoms with Gasteiger partial charge in [0.25, 0.3) is 0 Å². The normalized spacial score (nSPS) is 18.5. The summed E-state index contributed by atoms with van der Waals surface area (Å²) in [6.45, 7) is 0. The summed E-state index contributed by atoms with van der Waals surface area (Å²) in [5.74, 6) is 0. The van der Waals surface area contributed by atoms with E-state index in [1.165, 1.54) is 12.5 Å². The Hall–Kier alpha value is -0.870. The third kappa shape index (κ3) is 2.83. The molecule has 0 unspecified atom stereocenters. The largest absolute Gasteiger partial charge is 0.240 e. The van der Waals surface area contributed by atoms with Gasteiger partial charge >= 0.3 is 0 Å². The molecule has 4 heteroatoms. The van der Waals surface area contributed by atoms with E-state index in [4.69, 9.17) is 0 Å². The monoisotopic (exact) mass is 238 g/mol. The summed E-state index contributed by atoms with van der Waals surface area (Å²) in [5.41, 5.74) is 0. The number of hydrogen-bond acceptors (Lipinski definition) is 2. The molecule has 87 valence electrons. The number of hydrogen-bond donors (Lipinski definition) is 1. The maximum absolute atomic E-state index is 12.0. The van der Waals surface area contributed by atoms with Crippen LogP contribution in [0.25, 0.3) is 0 Å². The second-order valence-corrected chi connectivity index (χ2v) is 5.91. The van der Waals surface area contributed by atoms with Gasteiger partial charge in [0.2, 0.25) is 10.0 Å². The van der Waals surface area contributed by atoms with E-state index >= 15 is 0 Å². The van der Waals surface area contributed by atoms with Gasteiger partial charge in [0, 0.05) is 6.04 Å². The molecule has 1 radical (unpaired) electrons. The van der Waals surface area contributed by atoms with Crippen molar-refractivity contribution in [3.8, 4) is 0 Å². The highest BCUT2D eigenvalue weighted by Crippen LogP contribution is 2.19. The van der Waals surface area contributed by atoms with E-state index in [1.54, 1.807) is 18.2 Å². The molecule has 0 aromatic heterocycles. The quantitative estimate of drug-likeness (QED) is 0.876. The zero-order valence-corrected chi connectivity index (χ0v) is 9.96. The molecule has 3 nitrogen and oxygen atoms in total. The molecule has 1 aliphatic rings. The Bertz CT molecular complexity index is 422. The van der Waals surface area contributed by atoms with E-state index < -0.39 is 10.0 Å². The summed E-state index contributed by atoms with van der Waals surface area (Å²) in [5, 5.41) is 0. The van der Waals surface area contributed by atoms with Crippen molar-refractivity contribution in [2.75, 3.05) is 0 Å². The van der Waals surface area contributed by atoms with Gasteiger partial charge in [0.1, 0.15) is 0 Å². The first kappa shape index (κ1) is 11.6. The maximum Gasteiger partial charge on any atom is 0.240 e. The van der Waals surface area contributed by atoms with E-state index in [2.05, 4.69) is 10.8 Å². The number of sulfonamides is 1. The molecule has 1 N–H and O–H groups in total. The predicted molar refractivity (Wildman–Crippen MR) is 62.5 cm³/mol. The lowest BCUT2D eigenvalue weighted by Crippen LogP contribution is -2.36. The average molecular weight is 238 g/mol. The van der Waals surface area contributed by atoms with Gasteiger partial charge in [0.15, 0.2) is 0 Å². The molecule has 0 amide bonds. The highest BCUT2D eigenvalue weighted by molar-refractivity contribution is 7.89. The van der Waals surface area contributed by atoms with Crippen LogP contribution in [0.5, 0.6) is 0 Å². The van der Waals surface area contributed by atoms with Crippen LogP contribution in [-0.4, -0.2) is 14.5 Å². The third-order valence-electron chi connectivity index (χ3n) is 2.92. The molecule has 0 spiro atoms. The van der Waals surface area contributed by atoms with Gasteiger partial charge in [-0.1, -0.05) is 31.4 Å². The molecule has 1 aromatic carbocycles. The lowest BCUT2D eigenvalue weighted by Gasteiger charge is -2.22. The first-order valence-electron chi connectivity index (χ1n) is 5.67. The highest BCUT2D eigenvalue weighted by atomic mass is 32.2. The van der Waals surface area contributed by atoms with Gasteiger partial charge in [-0.2, -0.15) is 0 Å². The van der Waals surface area contributed by atoms with E-state index in [9.17, 15) is 8.42 Å². The summed E-state index contributed by atoms with van der Waals surface area (Å²) in [7, 11) is -3.34. The minimum absolute atomic E-state index is 0.110. The van der Waals surface area contributed by atoms with Crippen LogP contribution in [0.4, 0.5) is 0 Å². The fourth-order valence-corrected chi connectivity index (χ4v) is 3.34. The van der Waals surface area contributed by atoms with Crippen molar-refractivity contribution >= 4 is 10.0 Å². The fourth-order valence-electron chi connectivity index (χ4n) is 2.05. The Morgan fingerprint density at radius 2 is 2.00 bits per heavy atom. The Balaban J connectivity index is 2.08. The van der Waals surface area contributed by atoms with Crippen LogP contribution < -0.4 is 4.72 Å². The summed E-state index contributed by atoms with van der Waals surface area (Å²) >= 11 is 0. The molecule has 1 fully saturated rings. The second-order valence-electron chi connectivity index (χ2n) is 4.20. The fraction of sp³-hybridized carbons (Fsp3) is 0.500. The lowest BCUT2D eigenvalue weighted by molar-refractivity contribution is 0.412. The van der Waals surface area contributed by atoms with Crippen molar-refractivity contribution in [3.05, 3.63) is 30.3 Å². The van der Waals surface area contributed by atoms with Crippen LogP contribution in [0.1, 0.15) is 32.1 Å². The molecular formula is C12H16NO2S. The molecule has 0 bridgehead atoms. The molecule has 0 aliphatic heterocycles. The first-order chi connectivity index (χ1) is 7.68. The van der Waals surface area contributed by atoms with E-state index in [-0.39, 0.29) is 6.04 Å². The average Bonchev–Trinajstić information content (AvgIpc) is 2.31. The Labute approximate surface area is 96.9 Å². The third-order valence-corrected chi connectivity index (χ3v) is 4.43. The van der Waals surface area contributed by atoms with Gasteiger partial charge in [-0.3, -0.25) is 0 Å². The van der Waals surface area contributed by atoms with Gasteiger partial charge in [-0.25, -0.2) is 13.1 Å². The van der Waals surface area contributed by atoms with Gasteiger partial charge in [0.05, 0.1) is 4.90 Å². The zero-order valence-electron chi connectivity index (χ0n) is 9.15. The first-order valence-corrected chi connectivity index (χ1v) is 7.15. The Kier molecular flexibility index (Phi) is 3.61. The smallest absolute Gasteiger partial charge is 0.208 e. The number of benzene rings is 1.